The van der Waals surface area contributed by atoms with E-state index in [9.17, 15) is 10.2 Å². The second-order valence-corrected chi connectivity index (χ2v) is 19.2. The van der Waals surface area contributed by atoms with Crippen LogP contribution in [0.1, 0.15) is 59.3 Å². The molecule has 0 amide bonds. The largest absolute Gasteiger partial charge is 0.507 e. The van der Waals surface area contributed by atoms with Gasteiger partial charge in [-0.15, -0.1) is 0 Å². The van der Waals surface area contributed by atoms with Crippen LogP contribution in [-0.2, 0) is 0 Å². The predicted molar refractivity (Wildman–Crippen MR) is 277 cm³/mol. The number of hydrogen-bond acceptors (Lipinski definition) is 4. The Kier molecular flexibility index (Phi) is 17.4. The SMILES string of the molecule is CCCCBr.CCCCOc1ccc2cc(Br)ccc2c1-c1c(OCCCC)ccc2cc(Br)ccc12.Oc1ccc2cc(Br)ccc2c1-c1c(O)ccc2cc(Br)ccc12. The van der Waals surface area contributed by atoms with E-state index < -0.39 is 0 Å². The lowest BCUT2D eigenvalue weighted by atomic mass is 9.92. The van der Waals surface area contributed by atoms with Gasteiger partial charge >= 0.3 is 0 Å². The maximum atomic E-state index is 10.5. The summed E-state index contributed by atoms with van der Waals surface area (Å²) in [7, 11) is 0. The zero-order chi connectivity index (χ0) is 43.5. The number of ether oxygens (including phenoxy) is 2. The highest BCUT2D eigenvalue weighted by atomic mass is 79.9. The molecule has 0 spiro atoms. The molecule has 0 atom stereocenters. The second-order valence-electron chi connectivity index (χ2n) is 14.7. The van der Waals surface area contributed by atoms with E-state index in [2.05, 4.69) is 161 Å². The first-order valence-electron chi connectivity index (χ1n) is 20.7. The van der Waals surface area contributed by atoms with Gasteiger partial charge < -0.3 is 19.7 Å². The molecule has 0 unspecified atom stereocenters. The maximum Gasteiger partial charge on any atom is 0.127 e. The molecule has 0 aromatic heterocycles. The number of rotatable bonds is 12. The first-order valence-corrected chi connectivity index (χ1v) is 25.0. The fraction of sp³-hybridized carbons (Fsp3) is 0.231. The van der Waals surface area contributed by atoms with Crippen LogP contribution >= 0.6 is 79.6 Å². The van der Waals surface area contributed by atoms with E-state index in [-0.39, 0.29) is 11.5 Å². The van der Waals surface area contributed by atoms with Crippen LogP contribution in [0.25, 0.3) is 65.3 Å². The minimum absolute atomic E-state index is 0.149. The minimum Gasteiger partial charge on any atom is -0.507 e. The van der Waals surface area contributed by atoms with Gasteiger partial charge in [0.1, 0.15) is 23.0 Å². The first-order chi connectivity index (χ1) is 29.6. The molecule has 0 fully saturated rings. The van der Waals surface area contributed by atoms with E-state index in [1.54, 1.807) is 12.1 Å². The number of alkyl halides is 1. The Balaban J connectivity index is 0.000000189. The molecule has 8 aromatic carbocycles. The number of phenols is 2. The van der Waals surface area contributed by atoms with Gasteiger partial charge in [0.25, 0.3) is 0 Å². The lowest BCUT2D eigenvalue weighted by Crippen LogP contribution is -2.02. The zero-order valence-electron chi connectivity index (χ0n) is 34.5. The van der Waals surface area contributed by atoms with Crippen LogP contribution in [0.15, 0.2) is 139 Å². The molecule has 0 saturated carbocycles. The summed E-state index contributed by atoms with van der Waals surface area (Å²) in [5.74, 6) is 2.11. The third-order valence-electron chi connectivity index (χ3n) is 10.3. The molecule has 9 heteroatoms. The monoisotopic (exact) mass is 1130 g/mol. The maximum absolute atomic E-state index is 10.5. The molecule has 0 radical (unpaired) electrons. The Morgan fingerprint density at radius 1 is 0.393 bits per heavy atom. The van der Waals surface area contributed by atoms with Crippen molar-refractivity contribution in [2.24, 2.45) is 0 Å². The highest BCUT2D eigenvalue weighted by molar-refractivity contribution is 9.11. The third-order valence-corrected chi connectivity index (χ3v) is 12.8. The summed E-state index contributed by atoms with van der Waals surface area (Å²) in [6.07, 6.45) is 6.86. The van der Waals surface area contributed by atoms with E-state index in [4.69, 9.17) is 9.47 Å². The van der Waals surface area contributed by atoms with E-state index >= 15 is 0 Å². The van der Waals surface area contributed by atoms with Crippen LogP contribution in [-0.4, -0.2) is 28.8 Å². The molecule has 0 aliphatic rings. The first kappa shape index (κ1) is 46.9. The van der Waals surface area contributed by atoms with Crippen molar-refractivity contribution in [1.29, 1.82) is 0 Å². The summed E-state index contributed by atoms with van der Waals surface area (Å²) in [5, 5.41) is 30.7. The van der Waals surface area contributed by atoms with Gasteiger partial charge in [-0.2, -0.15) is 0 Å². The number of phenolic OH excluding ortho intramolecular Hbond substituents is 2. The van der Waals surface area contributed by atoms with Crippen molar-refractivity contribution in [2.45, 2.75) is 59.3 Å². The Labute approximate surface area is 401 Å². The van der Waals surface area contributed by atoms with Gasteiger partial charge in [-0.05, 0) is 135 Å². The molecule has 2 N–H and O–H groups in total. The number of halogens is 5. The number of fused-ring (bicyclic) bond motifs is 4. The van der Waals surface area contributed by atoms with Gasteiger partial charge in [-0.1, -0.05) is 168 Å². The highest BCUT2D eigenvalue weighted by Gasteiger charge is 2.20. The number of hydrogen-bond donors (Lipinski definition) is 2. The van der Waals surface area contributed by atoms with Gasteiger partial charge in [-0.3, -0.25) is 0 Å². The van der Waals surface area contributed by atoms with Crippen molar-refractivity contribution in [3.63, 3.8) is 0 Å². The molecule has 0 heterocycles. The molecule has 0 aliphatic heterocycles. The molecular formula is C52H49Br5O4. The Morgan fingerprint density at radius 3 is 1.00 bits per heavy atom. The lowest BCUT2D eigenvalue weighted by Gasteiger charge is -2.20. The summed E-state index contributed by atoms with van der Waals surface area (Å²) in [6.45, 7) is 7.96. The average molecular weight is 1140 g/mol. The van der Waals surface area contributed by atoms with Crippen molar-refractivity contribution in [3.8, 4) is 45.3 Å². The summed E-state index contributed by atoms with van der Waals surface area (Å²) in [6, 6.07) is 40.2. The molecule has 4 nitrogen and oxygen atoms in total. The van der Waals surface area contributed by atoms with Crippen LogP contribution in [0, 0.1) is 0 Å². The fourth-order valence-electron chi connectivity index (χ4n) is 7.21. The molecule has 8 aromatic rings. The van der Waals surface area contributed by atoms with Crippen LogP contribution in [0.4, 0.5) is 0 Å². The van der Waals surface area contributed by atoms with Gasteiger partial charge in [0, 0.05) is 45.5 Å². The molecule has 316 valence electrons. The number of unbranched alkanes of at least 4 members (excludes halogenated alkanes) is 3. The Morgan fingerprint density at radius 2 is 0.705 bits per heavy atom. The zero-order valence-corrected chi connectivity index (χ0v) is 42.4. The van der Waals surface area contributed by atoms with E-state index in [1.165, 1.54) is 23.6 Å². The van der Waals surface area contributed by atoms with Gasteiger partial charge in [-0.25, -0.2) is 0 Å². The molecular weight excluding hydrogens is 1090 g/mol. The van der Waals surface area contributed by atoms with Crippen LogP contribution in [0.3, 0.4) is 0 Å². The van der Waals surface area contributed by atoms with Crippen LogP contribution in [0.2, 0.25) is 0 Å². The second kappa shape index (κ2) is 22.7. The highest BCUT2D eigenvalue weighted by Crippen LogP contribution is 2.47. The van der Waals surface area contributed by atoms with E-state index in [0.717, 1.165) is 104 Å². The van der Waals surface area contributed by atoms with Crippen LogP contribution in [0.5, 0.6) is 23.0 Å². The smallest absolute Gasteiger partial charge is 0.127 e. The van der Waals surface area contributed by atoms with Crippen LogP contribution < -0.4 is 9.47 Å². The quantitative estimate of drug-likeness (QED) is 0.0945. The normalized spacial score (nSPS) is 11.0. The van der Waals surface area contributed by atoms with E-state index in [0.29, 0.717) is 24.3 Å². The average Bonchev–Trinajstić information content (AvgIpc) is 3.25. The van der Waals surface area contributed by atoms with Crippen molar-refractivity contribution in [3.05, 3.63) is 139 Å². The van der Waals surface area contributed by atoms with Gasteiger partial charge in [0.05, 0.1) is 13.2 Å². The van der Waals surface area contributed by atoms with Crippen molar-refractivity contribution < 1.29 is 19.7 Å². The third kappa shape index (κ3) is 11.5. The molecule has 61 heavy (non-hydrogen) atoms. The number of aromatic hydroxyl groups is 2. The number of benzene rings is 8. The summed E-state index contributed by atoms with van der Waals surface area (Å²) in [4.78, 5) is 0. The van der Waals surface area contributed by atoms with Gasteiger partial charge in [0.15, 0.2) is 0 Å². The van der Waals surface area contributed by atoms with E-state index in [1.807, 2.05) is 48.5 Å². The molecule has 0 saturated heterocycles. The predicted octanol–water partition coefficient (Wildman–Crippen LogP) is 18.3. The van der Waals surface area contributed by atoms with Crippen molar-refractivity contribution in [2.75, 3.05) is 18.5 Å². The minimum atomic E-state index is 0.149. The lowest BCUT2D eigenvalue weighted by molar-refractivity contribution is 0.306. The summed E-state index contributed by atoms with van der Waals surface area (Å²) >= 11 is 17.5. The standard InChI is InChI=1S/C28H28Br2O2.C20H12Br2O2.C4H9Br/c1-3-5-15-31-25-13-7-19-17-21(29)9-11-23(19)27(25)28-24-12-10-22(30)18-20(24)8-14-26(28)32-16-6-4-2;21-13-3-5-15-11(9-13)1-7-17(23)19(15)20-16-6-4-14(22)10-12(16)2-8-18(20)24;1-2-3-4-5/h7-14,17-18H,3-6,15-16H2,1-2H3;1-10,23-24H;2-4H2,1H3. The summed E-state index contributed by atoms with van der Waals surface area (Å²) < 4.78 is 16.8. The topological polar surface area (TPSA) is 58.9 Å². The van der Waals surface area contributed by atoms with Crippen molar-refractivity contribution >= 4 is 123 Å². The molecule has 0 bridgehead atoms. The Bertz CT molecular complexity index is 2580. The fourth-order valence-corrected chi connectivity index (χ4v) is 9.28. The molecule has 0 aliphatic carbocycles. The summed E-state index contributed by atoms with van der Waals surface area (Å²) in [5.41, 5.74) is 3.49. The van der Waals surface area contributed by atoms with Gasteiger partial charge in [0.2, 0.25) is 0 Å². The Hall–Kier alpha value is -3.60. The van der Waals surface area contributed by atoms with Crippen molar-refractivity contribution in [1.82, 2.24) is 0 Å². The molecule has 8 rings (SSSR count).